The molecule has 2 aromatic carbocycles. The number of hydrogen-bond acceptors (Lipinski definition) is 3. The summed E-state index contributed by atoms with van der Waals surface area (Å²) in [5, 5.41) is 7.76. The van der Waals surface area contributed by atoms with E-state index in [-0.39, 0.29) is 24.3 Å². The predicted molar refractivity (Wildman–Crippen MR) is 96.5 cm³/mol. The molecular weight excluding hydrogens is 302 g/mol. The molecule has 2 aromatic rings. The summed E-state index contributed by atoms with van der Waals surface area (Å²) in [6.45, 7) is 4.22. The number of nitrogens with two attached hydrogens (primary N) is 1. The van der Waals surface area contributed by atoms with E-state index < -0.39 is 6.04 Å². The highest BCUT2D eigenvalue weighted by Gasteiger charge is 2.17. The molecule has 0 fully saturated rings. The van der Waals surface area contributed by atoms with Crippen LogP contribution < -0.4 is 16.4 Å². The quantitative estimate of drug-likeness (QED) is 0.722. The van der Waals surface area contributed by atoms with E-state index in [1.807, 2.05) is 26.0 Å². The van der Waals surface area contributed by atoms with Gasteiger partial charge in [0.25, 0.3) is 0 Å². The number of nitrogens with one attached hydrogen (secondary N) is 2. The summed E-state index contributed by atoms with van der Waals surface area (Å²) in [5.41, 5.74) is 6.89. The second-order valence-corrected chi connectivity index (χ2v) is 6.27. The van der Waals surface area contributed by atoms with E-state index in [1.54, 1.807) is 0 Å². The summed E-state index contributed by atoms with van der Waals surface area (Å²) in [6.07, 6.45) is 0.746. The number of amides is 2. The van der Waals surface area contributed by atoms with Crippen molar-refractivity contribution in [3.05, 3.63) is 48.0 Å². The van der Waals surface area contributed by atoms with Crippen molar-refractivity contribution in [2.45, 2.75) is 26.3 Å². The molecule has 0 heterocycles. The minimum Gasteiger partial charge on any atom is -0.354 e. The molecule has 0 saturated heterocycles. The number of fused-ring (bicyclic) bond motifs is 1. The molecule has 0 aromatic heterocycles. The number of carbonyl (C=O) groups is 2. The van der Waals surface area contributed by atoms with Gasteiger partial charge in [-0.2, -0.15) is 0 Å². The van der Waals surface area contributed by atoms with E-state index in [0.717, 1.165) is 6.42 Å². The summed E-state index contributed by atoms with van der Waals surface area (Å²) >= 11 is 0. The zero-order chi connectivity index (χ0) is 17.5. The van der Waals surface area contributed by atoms with Crippen LogP contribution in [0.25, 0.3) is 10.8 Å². The second-order valence-electron chi connectivity index (χ2n) is 6.27. The van der Waals surface area contributed by atoms with Gasteiger partial charge in [-0.25, -0.2) is 0 Å². The summed E-state index contributed by atoms with van der Waals surface area (Å²) in [4.78, 5) is 23.5. The van der Waals surface area contributed by atoms with Gasteiger partial charge in [-0.3, -0.25) is 9.59 Å². The fourth-order valence-corrected chi connectivity index (χ4v) is 2.39. The van der Waals surface area contributed by atoms with Crippen molar-refractivity contribution in [2.75, 3.05) is 13.1 Å². The van der Waals surface area contributed by atoms with Gasteiger partial charge in [0.15, 0.2) is 0 Å². The van der Waals surface area contributed by atoms with Gasteiger partial charge in [0, 0.05) is 6.54 Å². The first-order valence-electron chi connectivity index (χ1n) is 8.25. The number of hydrogen-bond donors (Lipinski definition) is 3. The van der Waals surface area contributed by atoms with Crippen LogP contribution in [0.3, 0.4) is 0 Å². The lowest BCUT2D eigenvalue weighted by molar-refractivity contribution is -0.127. The minimum atomic E-state index is -0.588. The fourth-order valence-electron chi connectivity index (χ4n) is 2.39. The normalized spacial score (nSPS) is 12.2. The molecule has 128 valence electrons. The highest BCUT2D eigenvalue weighted by atomic mass is 16.2. The fraction of sp³-hybridized carbons (Fsp3) is 0.368. The first kappa shape index (κ1) is 17.9. The van der Waals surface area contributed by atoms with Crippen molar-refractivity contribution in [1.82, 2.24) is 10.6 Å². The van der Waals surface area contributed by atoms with E-state index in [4.69, 9.17) is 5.73 Å². The molecular formula is C19H25N3O2. The lowest BCUT2D eigenvalue weighted by Crippen LogP contribution is -2.47. The van der Waals surface area contributed by atoms with Crippen LogP contribution in [0, 0.1) is 5.92 Å². The number of carbonyl (C=O) groups excluding carboxylic acids is 2. The van der Waals surface area contributed by atoms with Gasteiger partial charge in [-0.05, 0) is 28.7 Å². The van der Waals surface area contributed by atoms with Crippen molar-refractivity contribution in [2.24, 2.45) is 11.7 Å². The molecule has 0 radical (unpaired) electrons. The zero-order valence-corrected chi connectivity index (χ0v) is 14.2. The van der Waals surface area contributed by atoms with E-state index in [2.05, 4.69) is 41.0 Å². The standard InChI is InChI=1S/C19H25N3O2/c1-13(2)18(20)19(24)22-12-17(23)21-10-9-14-7-8-15-5-3-4-6-16(15)11-14/h3-8,11,13,18H,9-10,12,20H2,1-2H3,(H,21,23)(H,22,24)/t18-/m0/s1. The van der Waals surface area contributed by atoms with Gasteiger partial charge in [0.05, 0.1) is 12.6 Å². The molecule has 0 spiro atoms. The van der Waals surface area contributed by atoms with Gasteiger partial charge in [-0.1, -0.05) is 56.3 Å². The number of rotatable bonds is 7. The smallest absolute Gasteiger partial charge is 0.239 e. The minimum absolute atomic E-state index is 0.0426. The molecule has 0 bridgehead atoms. The largest absolute Gasteiger partial charge is 0.354 e. The predicted octanol–water partition coefficient (Wildman–Crippen LogP) is 1.60. The van der Waals surface area contributed by atoms with Crippen LogP contribution in [0.5, 0.6) is 0 Å². The Labute approximate surface area is 142 Å². The SMILES string of the molecule is CC(C)[C@H](N)C(=O)NCC(=O)NCCc1ccc2ccccc2c1. The molecule has 2 rings (SSSR count). The maximum atomic E-state index is 11.8. The maximum Gasteiger partial charge on any atom is 0.239 e. The summed E-state index contributed by atoms with van der Waals surface area (Å²) < 4.78 is 0. The average Bonchev–Trinajstić information content (AvgIpc) is 2.58. The van der Waals surface area contributed by atoms with Crippen molar-refractivity contribution in [1.29, 1.82) is 0 Å². The van der Waals surface area contributed by atoms with E-state index in [1.165, 1.54) is 16.3 Å². The molecule has 0 aliphatic rings. The molecule has 5 heteroatoms. The van der Waals surface area contributed by atoms with Gasteiger partial charge in [0.2, 0.25) is 11.8 Å². The van der Waals surface area contributed by atoms with Crippen LogP contribution in [0.15, 0.2) is 42.5 Å². The Hall–Kier alpha value is -2.40. The van der Waals surface area contributed by atoms with Crippen LogP contribution in [0.1, 0.15) is 19.4 Å². The number of benzene rings is 2. The first-order chi connectivity index (χ1) is 11.5. The molecule has 0 aliphatic heterocycles. The van der Waals surface area contributed by atoms with Crippen molar-refractivity contribution < 1.29 is 9.59 Å². The molecule has 2 amide bonds. The Bertz CT molecular complexity index is 713. The van der Waals surface area contributed by atoms with Gasteiger partial charge >= 0.3 is 0 Å². The Balaban J connectivity index is 1.74. The Morgan fingerprint density at radius 1 is 1.04 bits per heavy atom. The lowest BCUT2D eigenvalue weighted by atomic mass is 10.1. The Morgan fingerprint density at radius 3 is 2.46 bits per heavy atom. The average molecular weight is 327 g/mol. The highest BCUT2D eigenvalue weighted by Crippen LogP contribution is 2.15. The van der Waals surface area contributed by atoms with Gasteiger partial charge in [0.1, 0.15) is 0 Å². The first-order valence-corrected chi connectivity index (χ1v) is 8.25. The van der Waals surface area contributed by atoms with Crippen molar-refractivity contribution in [3.8, 4) is 0 Å². The topological polar surface area (TPSA) is 84.2 Å². The van der Waals surface area contributed by atoms with Crippen molar-refractivity contribution >= 4 is 22.6 Å². The third kappa shape index (κ3) is 5.06. The van der Waals surface area contributed by atoms with Crippen LogP contribution in [-0.2, 0) is 16.0 Å². The highest BCUT2D eigenvalue weighted by molar-refractivity contribution is 5.87. The Morgan fingerprint density at radius 2 is 1.75 bits per heavy atom. The molecule has 4 N–H and O–H groups in total. The van der Waals surface area contributed by atoms with Crippen LogP contribution >= 0.6 is 0 Å². The van der Waals surface area contributed by atoms with E-state index >= 15 is 0 Å². The second kappa shape index (κ2) is 8.45. The third-order valence-corrected chi connectivity index (χ3v) is 3.99. The van der Waals surface area contributed by atoms with Gasteiger partial charge < -0.3 is 16.4 Å². The molecule has 0 aliphatic carbocycles. The maximum absolute atomic E-state index is 11.8. The van der Waals surface area contributed by atoms with E-state index in [9.17, 15) is 9.59 Å². The van der Waals surface area contributed by atoms with Crippen LogP contribution in [0.2, 0.25) is 0 Å². The molecule has 1 atom stereocenters. The van der Waals surface area contributed by atoms with Crippen LogP contribution in [0.4, 0.5) is 0 Å². The van der Waals surface area contributed by atoms with E-state index in [0.29, 0.717) is 6.54 Å². The monoisotopic (exact) mass is 327 g/mol. The molecule has 24 heavy (non-hydrogen) atoms. The van der Waals surface area contributed by atoms with Crippen molar-refractivity contribution in [3.63, 3.8) is 0 Å². The van der Waals surface area contributed by atoms with Crippen LogP contribution in [-0.4, -0.2) is 30.9 Å². The third-order valence-electron chi connectivity index (χ3n) is 3.99. The molecule has 5 nitrogen and oxygen atoms in total. The summed E-state index contributed by atoms with van der Waals surface area (Å²) in [7, 11) is 0. The Kier molecular flexibility index (Phi) is 6.32. The molecule has 0 unspecified atom stereocenters. The molecule has 0 saturated carbocycles. The van der Waals surface area contributed by atoms with Gasteiger partial charge in [-0.15, -0.1) is 0 Å². The lowest BCUT2D eigenvalue weighted by Gasteiger charge is -2.15. The summed E-state index contributed by atoms with van der Waals surface area (Å²) in [6, 6.07) is 13.9. The summed E-state index contributed by atoms with van der Waals surface area (Å²) in [5.74, 6) is -0.462. The zero-order valence-electron chi connectivity index (χ0n) is 14.2.